The molecule has 0 bridgehead atoms. The zero-order valence-corrected chi connectivity index (χ0v) is 15.6. The molecule has 0 saturated carbocycles. The maximum Gasteiger partial charge on any atom is 0.253 e. The molecule has 0 atom stereocenters. The van der Waals surface area contributed by atoms with Crippen molar-refractivity contribution < 1.29 is 4.79 Å². The average Bonchev–Trinajstić information content (AvgIpc) is 2.87. The topological polar surface area (TPSA) is 47.3 Å². The van der Waals surface area contributed by atoms with Crippen LogP contribution in [-0.2, 0) is 6.54 Å². The molecule has 4 nitrogen and oxygen atoms in total. The predicted molar refractivity (Wildman–Crippen MR) is 101 cm³/mol. The maximum absolute atomic E-state index is 12.7. The summed E-state index contributed by atoms with van der Waals surface area (Å²) in [5.74, 6) is 0.0980. The lowest BCUT2D eigenvalue weighted by Crippen LogP contribution is -2.35. The Kier molecular flexibility index (Phi) is 5.85. The summed E-state index contributed by atoms with van der Waals surface area (Å²) < 4.78 is 0.977. The van der Waals surface area contributed by atoms with Crippen LogP contribution in [0.1, 0.15) is 27.9 Å². The van der Waals surface area contributed by atoms with Crippen molar-refractivity contribution in [1.82, 2.24) is 9.80 Å². The van der Waals surface area contributed by atoms with Crippen molar-refractivity contribution in [3.8, 4) is 6.07 Å². The number of nitriles is 1. The highest BCUT2D eigenvalue weighted by Gasteiger charge is 2.20. The summed E-state index contributed by atoms with van der Waals surface area (Å²) in [6.07, 6.45) is 0.959. The highest BCUT2D eigenvalue weighted by atomic mass is 79.9. The summed E-state index contributed by atoms with van der Waals surface area (Å²) in [5.41, 5.74) is 2.57. The van der Waals surface area contributed by atoms with Crippen LogP contribution in [0, 0.1) is 11.3 Å². The van der Waals surface area contributed by atoms with Gasteiger partial charge >= 0.3 is 0 Å². The van der Waals surface area contributed by atoms with E-state index in [1.165, 1.54) is 0 Å². The molecule has 0 spiro atoms. The van der Waals surface area contributed by atoms with E-state index in [1.807, 2.05) is 47.4 Å². The molecule has 2 aromatic carbocycles. The molecule has 2 aromatic rings. The minimum atomic E-state index is 0.0980. The van der Waals surface area contributed by atoms with Crippen molar-refractivity contribution in [1.29, 1.82) is 5.26 Å². The van der Waals surface area contributed by atoms with E-state index in [4.69, 9.17) is 5.26 Å². The van der Waals surface area contributed by atoms with Crippen LogP contribution in [0.4, 0.5) is 0 Å². The third-order valence-electron chi connectivity index (χ3n) is 4.43. The van der Waals surface area contributed by atoms with Crippen LogP contribution in [0.3, 0.4) is 0 Å². The Bertz CT molecular complexity index is 782. The standard InChI is InChI=1S/C20H20BrN3O/c21-19-7-5-18(6-8-19)20(25)24-10-2-9-23(11-12-24)15-17-4-1-3-16(13-17)14-22/h1,3-8,13H,2,9-12,15H2. The first-order chi connectivity index (χ1) is 12.2. The maximum atomic E-state index is 12.7. The van der Waals surface area contributed by atoms with Crippen LogP contribution < -0.4 is 0 Å². The number of rotatable bonds is 3. The first kappa shape index (κ1) is 17.7. The zero-order valence-electron chi connectivity index (χ0n) is 14.0. The molecule has 1 fully saturated rings. The van der Waals surface area contributed by atoms with Gasteiger partial charge in [0.05, 0.1) is 11.6 Å². The van der Waals surface area contributed by atoms with E-state index in [0.717, 1.165) is 54.7 Å². The highest BCUT2D eigenvalue weighted by molar-refractivity contribution is 9.10. The summed E-state index contributed by atoms with van der Waals surface area (Å²) in [4.78, 5) is 17.0. The smallest absolute Gasteiger partial charge is 0.253 e. The number of carbonyl (C=O) groups is 1. The second-order valence-electron chi connectivity index (χ2n) is 6.24. The monoisotopic (exact) mass is 397 g/mol. The summed E-state index contributed by atoms with van der Waals surface area (Å²) in [6, 6.07) is 17.5. The van der Waals surface area contributed by atoms with Crippen LogP contribution >= 0.6 is 15.9 Å². The van der Waals surface area contributed by atoms with Crippen molar-refractivity contribution in [2.75, 3.05) is 26.2 Å². The quantitative estimate of drug-likeness (QED) is 0.793. The summed E-state index contributed by atoms with van der Waals surface area (Å²) in [6.45, 7) is 4.13. The molecule has 0 aromatic heterocycles. The zero-order chi connectivity index (χ0) is 17.6. The minimum Gasteiger partial charge on any atom is -0.337 e. The van der Waals surface area contributed by atoms with Crippen LogP contribution in [0.25, 0.3) is 0 Å². The minimum absolute atomic E-state index is 0.0980. The number of nitrogens with zero attached hydrogens (tertiary/aromatic N) is 3. The van der Waals surface area contributed by atoms with Crippen molar-refractivity contribution in [3.05, 3.63) is 69.7 Å². The lowest BCUT2D eigenvalue weighted by atomic mass is 10.1. The summed E-state index contributed by atoms with van der Waals surface area (Å²) >= 11 is 3.40. The van der Waals surface area contributed by atoms with Gasteiger partial charge in [0, 0.05) is 42.8 Å². The van der Waals surface area contributed by atoms with Crippen molar-refractivity contribution >= 4 is 21.8 Å². The van der Waals surface area contributed by atoms with E-state index in [-0.39, 0.29) is 5.91 Å². The molecule has 0 radical (unpaired) electrons. The van der Waals surface area contributed by atoms with Crippen LogP contribution in [-0.4, -0.2) is 41.9 Å². The second kappa shape index (κ2) is 8.28. The van der Waals surface area contributed by atoms with Crippen LogP contribution in [0.15, 0.2) is 53.0 Å². The highest BCUT2D eigenvalue weighted by Crippen LogP contribution is 2.15. The third-order valence-corrected chi connectivity index (χ3v) is 4.96. The van der Waals surface area contributed by atoms with Gasteiger partial charge in [-0.15, -0.1) is 0 Å². The fourth-order valence-corrected chi connectivity index (χ4v) is 3.37. The van der Waals surface area contributed by atoms with Gasteiger partial charge in [-0.3, -0.25) is 9.69 Å². The normalized spacial score (nSPS) is 15.4. The van der Waals surface area contributed by atoms with E-state index in [0.29, 0.717) is 5.56 Å². The Morgan fingerprint density at radius 3 is 2.64 bits per heavy atom. The molecule has 5 heteroatoms. The van der Waals surface area contributed by atoms with E-state index >= 15 is 0 Å². The van der Waals surface area contributed by atoms with Gasteiger partial charge in [0.1, 0.15) is 0 Å². The molecule has 0 N–H and O–H groups in total. The first-order valence-electron chi connectivity index (χ1n) is 8.42. The molecular formula is C20H20BrN3O. The summed E-state index contributed by atoms with van der Waals surface area (Å²) in [7, 11) is 0. The average molecular weight is 398 g/mol. The van der Waals surface area contributed by atoms with Gasteiger partial charge in [-0.05, 0) is 48.4 Å². The van der Waals surface area contributed by atoms with Gasteiger partial charge in [-0.25, -0.2) is 0 Å². The van der Waals surface area contributed by atoms with Gasteiger partial charge < -0.3 is 4.90 Å². The Hall–Kier alpha value is -2.16. The number of amides is 1. The fraction of sp³-hybridized carbons (Fsp3) is 0.300. The largest absolute Gasteiger partial charge is 0.337 e. The Morgan fingerprint density at radius 1 is 1.08 bits per heavy atom. The molecule has 3 rings (SSSR count). The molecule has 1 heterocycles. The molecule has 128 valence electrons. The Morgan fingerprint density at radius 2 is 1.88 bits per heavy atom. The van der Waals surface area contributed by atoms with E-state index in [9.17, 15) is 4.79 Å². The molecule has 0 unspecified atom stereocenters. The van der Waals surface area contributed by atoms with Gasteiger partial charge in [-0.1, -0.05) is 28.1 Å². The molecule has 1 aliphatic heterocycles. The number of benzene rings is 2. The van der Waals surface area contributed by atoms with Gasteiger partial charge in [0.15, 0.2) is 0 Å². The number of halogens is 1. The fourth-order valence-electron chi connectivity index (χ4n) is 3.10. The van der Waals surface area contributed by atoms with Crippen molar-refractivity contribution in [3.63, 3.8) is 0 Å². The van der Waals surface area contributed by atoms with E-state index in [2.05, 4.69) is 33.0 Å². The molecular weight excluding hydrogens is 378 g/mol. The Balaban J connectivity index is 1.61. The first-order valence-corrected chi connectivity index (χ1v) is 9.21. The number of hydrogen-bond acceptors (Lipinski definition) is 3. The summed E-state index contributed by atoms with van der Waals surface area (Å²) in [5, 5.41) is 9.02. The third kappa shape index (κ3) is 4.68. The van der Waals surface area contributed by atoms with E-state index < -0.39 is 0 Å². The molecule has 1 saturated heterocycles. The van der Waals surface area contributed by atoms with Crippen LogP contribution in [0.2, 0.25) is 0 Å². The second-order valence-corrected chi connectivity index (χ2v) is 7.16. The van der Waals surface area contributed by atoms with Gasteiger partial charge in [-0.2, -0.15) is 5.26 Å². The van der Waals surface area contributed by atoms with Gasteiger partial charge in [0.2, 0.25) is 0 Å². The van der Waals surface area contributed by atoms with Crippen molar-refractivity contribution in [2.45, 2.75) is 13.0 Å². The van der Waals surface area contributed by atoms with E-state index in [1.54, 1.807) is 0 Å². The predicted octanol–water partition coefficient (Wildman–Crippen LogP) is 3.67. The van der Waals surface area contributed by atoms with Crippen LogP contribution in [0.5, 0.6) is 0 Å². The van der Waals surface area contributed by atoms with Crippen molar-refractivity contribution in [2.24, 2.45) is 0 Å². The number of hydrogen-bond donors (Lipinski definition) is 0. The molecule has 1 aliphatic rings. The lowest BCUT2D eigenvalue weighted by molar-refractivity contribution is 0.0761. The lowest BCUT2D eigenvalue weighted by Gasteiger charge is -2.22. The SMILES string of the molecule is N#Cc1cccc(CN2CCCN(C(=O)c3ccc(Br)cc3)CC2)c1. The number of carbonyl (C=O) groups excluding carboxylic acids is 1. The molecule has 0 aliphatic carbocycles. The van der Waals surface area contributed by atoms with Gasteiger partial charge in [0.25, 0.3) is 5.91 Å². The molecule has 25 heavy (non-hydrogen) atoms. The molecule has 1 amide bonds. The Labute approximate surface area is 156 Å².